The van der Waals surface area contributed by atoms with Gasteiger partial charge in [0.05, 0.1) is 19.5 Å². The van der Waals surface area contributed by atoms with E-state index in [2.05, 4.69) is 17.4 Å². The van der Waals surface area contributed by atoms with Gasteiger partial charge in [0.25, 0.3) is 0 Å². The van der Waals surface area contributed by atoms with Crippen LogP contribution in [0.5, 0.6) is 11.5 Å². The third-order valence-corrected chi connectivity index (χ3v) is 5.17. The zero-order chi connectivity index (χ0) is 16.2. The van der Waals surface area contributed by atoms with Gasteiger partial charge >= 0.3 is 0 Å². The van der Waals surface area contributed by atoms with Crippen LogP contribution in [0.1, 0.15) is 11.1 Å². The number of rotatable bonds is 5. The van der Waals surface area contributed by atoms with E-state index in [1.54, 1.807) is 26.0 Å². The fourth-order valence-electron chi connectivity index (χ4n) is 2.62. The molecule has 1 N–H and O–H groups in total. The minimum Gasteiger partial charge on any atom is -0.493 e. The van der Waals surface area contributed by atoms with Gasteiger partial charge in [0.2, 0.25) is 5.91 Å². The Labute approximate surface area is 140 Å². The maximum Gasteiger partial charge on any atom is 0.234 e. The molecule has 1 heterocycles. The summed E-state index contributed by atoms with van der Waals surface area (Å²) < 4.78 is 10.5. The summed E-state index contributed by atoms with van der Waals surface area (Å²) >= 11 is 1.64. The third kappa shape index (κ3) is 3.45. The number of fused-ring (bicyclic) bond motifs is 1. The van der Waals surface area contributed by atoms with E-state index in [0.717, 1.165) is 12.0 Å². The molecule has 3 rings (SSSR count). The van der Waals surface area contributed by atoms with Crippen molar-refractivity contribution in [1.29, 1.82) is 0 Å². The number of hydrogen-bond acceptors (Lipinski definition) is 4. The van der Waals surface area contributed by atoms with Crippen molar-refractivity contribution in [3.8, 4) is 11.5 Å². The predicted molar refractivity (Wildman–Crippen MR) is 91.2 cm³/mol. The van der Waals surface area contributed by atoms with Gasteiger partial charge in [-0.05, 0) is 35.7 Å². The van der Waals surface area contributed by atoms with E-state index in [1.807, 2.05) is 30.3 Å². The molecule has 0 saturated heterocycles. The molecule has 1 aliphatic rings. The van der Waals surface area contributed by atoms with Crippen molar-refractivity contribution in [2.75, 3.05) is 14.2 Å². The molecule has 0 saturated carbocycles. The summed E-state index contributed by atoms with van der Waals surface area (Å²) in [5.74, 6) is 1.42. The molecule has 2 aromatic rings. The van der Waals surface area contributed by atoms with Crippen molar-refractivity contribution in [2.24, 2.45) is 0 Å². The normalized spacial score (nSPS) is 15.8. The zero-order valence-corrected chi connectivity index (χ0v) is 14.0. The van der Waals surface area contributed by atoms with Gasteiger partial charge in [-0.25, -0.2) is 0 Å². The first-order valence-corrected chi connectivity index (χ1v) is 8.32. The number of hydrogen-bond donors (Lipinski definition) is 1. The van der Waals surface area contributed by atoms with Crippen molar-refractivity contribution >= 4 is 17.7 Å². The molecule has 1 atom stereocenters. The molecule has 1 amide bonds. The highest BCUT2D eigenvalue weighted by atomic mass is 32.2. The fraction of sp³-hybridized carbons (Fsp3) is 0.278. The van der Waals surface area contributed by atoms with Crippen LogP contribution >= 0.6 is 11.8 Å². The van der Waals surface area contributed by atoms with Crippen LogP contribution in [0.4, 0.5) is 0 Å². The van der Waals surface area contributed by atoms with Crippen LogP contribution in [0.2, 0.25) is 0 Å². The highest BCUT2D eigenvalue weighted by molar-refractivity contribution is 8.01. The van der Waals surface area contributed by atoms with Gasteiger partial charge in [0.1, 0.15) is 0 Å². The lowest BCUT2D eigenvalue weighted by Gasteiger charge is -2.12. The number of methoxy groups -OCH3 is 2. The van der Waals surface area contributed by atoms with Crippen LogP contribution in [-0.2, 0) is 17.8 Å². The first kappa shape index (κ1) is 15.7. The summed E-state index contributed by atoms with van der Waals surface area (Å²) in [6.07, 6.45) is 0.790. The Hall–Kier alpha value is -2.14. The molecular weight excluding hydrogens is 310 g/mol. The molecule has 0 aromatic heterocycles. The van der Waals surface area contributed by atoms with Gasteiger partial charge in [-0.3, -0.25) is 4.79 Å². The fourth-order valence-corrected chi connectivity index (χ4v) is 3.84. The maximum atomic E-state index is 12.4. The monoisotopic (exact) mass is 329 g/mol. The maximum absolute atomic E-state index is 12.4. The van der Waals surface area contributed by atoms with E-state index >= 15 is 0 Å². The molecule has 23 heavy (non-hydrogen) atoms. The second-order valence-corrected chi connectivity index (χ2v) is 6.57. The number of amides is 1. The van der Waals surface area contributed by atoms with E-state index in [0.29, 0.717) is 18.0 Å². The Kier molecular flexibility index (Phi) is 4.76. The van der Waals surface area contributed by atoms with E-state index in [4.69, 9.17) is 9.47 Å². The first-order chi connectivity index (χ1) is 11.2. The molecule has 0 fully saturated rings. The molecule has 0 unspecified atom stereocenters. The summed E-state index contributed by atoms with van der Waals surface area (Å²) in [6.45, 7) is 0.479. The minimum atomic E-state index is -0.0486. The number of ether oxygens (including phenoxy) is 2. The molecular formula is C18H19NO3S. The van der Waals surface area contributed by atoms with Crippen molar-refractivity contribution in [2.45, 2.75) is 23.1 Å². The van der Waals surface area contributed by atoms with Gasteiger partial charge in [0, 0.05) is 11.4 Å². The summed E-state index contributed by atoms with van der Waals surface area (Å²) in [6, 6.07) is 13.8. The molecule has 120 valence electrons. The smallest absolute Gasteiger partial charge is 0.234 e. The molecule has 5 heteroatoms. The highest BCUT2D eigenvalue weighted by Crippen LogP contribution is 2.36. The Bertz CT molecular complexity index is 692. The second kappa shape index (κ2) is 6.96. The molecule has 4 nitrogen and oxygen atoms in total. The Balaban J connectivity index is 1.60. The predicted octanol–water partition coefficient (Wildman–Crippen LogP) is 3.04. The summed E-state index contributed by atoms with van der Waals surface area (Å²) in [5, 5.41) is 2.96. The van der Waals surface area contributed by atoms with Crippen LogP contribution in [0.3, 0.4) is 0 Å². The SMILES string of the molecule is COc1ccc(CNC(=O)[C@@H]2Cc3ccccc3S2)cc1OC. The van der Waals surface area contributed by atoms with Crippen molar-refractivity contribution in [3.63, 3.8) is 0 Å². The topological polar surface area (TPSA) is 47.6 Å². The summed E-state index contributed by atoms with van der Waals surface area (Å²) in [7, 11) is 3.21. The van der Waals surface area contributed by atoms with Gasteiger partial charge in [-0.2, -0.15) is 0 Å². The van der Waals surface area contributed by atoms with Gasteiger partial charge in [0.15, 0.2) is 11.5 Å². The van der Waals surface area contributed by atoms with Crippen molar-refractivity contribution in [3.05, 3.63) is 53.6 Å². The highest BCUT2D eigenvalue weighted by Gasteiger charge is 2.27. The lowest BCUT2D eigenvalue weighted by molar-refractivity contribution is -0.120. The van der Waals surface area contributed by atoms with Gasteiger partial charge in [-0.15, -0.1) is 11.8 Å². The molecule has 1 aliphatic heterocycles. The number of benzene rings is 2. The number of thioether (sulfide) groups is 1. The van der Waals surface area contributed by atoms with Crippen LogP contribution in [-0.4, -0.2) is 25.4 Å². The van der Waals surface area contributed by atoms with Crippen molar-refractivity contribution in [1.82, 2.24) is 5.32 Å². The average Bonchev–Trinajstić information content (AvgIpc) is 3.03. The van der Waals surface area contributed by atoms with Crippen LogP contribution in [0, 0.1) is 0 Å². The van der Waals surface area contributed by atoms with Crippen molar-refractivity contribution < 1.29 is 14.3 Å². The lowest BCUT2D eigenvalue weighted by atomic mass is 10.1. The Morgan fingerprint density at radius 3 is 2.70 bits per heavy atom. The molecule has 0 aliphatic carbocycles. The van der Waals surface area contributed by atoms with Gasteiger partial charge < -0.3 is 14.8 Å². The van der Waals surface area contributed by atoms with E-state index in [-0.39, 0.29) is 11.2 Å². The summed E-state index contributed by atoms with van der Waals surface area (Å²) in [5.41, 5.74) is 2.24. The molecule has 2 aromatic carbocycles. The van der Waals surface area contributed by atoms with E-state index in [1.165, 1.54) is 10.5 Å². The Morgan fingerprint density at radius 1 is 1.17 bits per heavy atom. The molecule has 0 radical (unpaired) electrons. The van der Waals surface area contributed by atoms with E-state index in [9.17, 15) is 4.79 Å². The Morgan fingerprint density at radius 2 is 1.96 bits per heavy atom. The minimum absolute atomic E-state index is 0.0486. The largest absolute Gasteiger partial charge is 0.493 e. The van der Waals surface area contributed by atoms with Crippen LogP contribution < -0.4 is 14.8 Å². The average molecular weight is 329 g/mol. The summed E-state index contributed by atoms with van der Waals surface area (Å²) in [4.78, 5) is 13.6. The second-order valence-electron chi connectivity index (χ2n) is 5.33. The van der Waals surface area contributed by atoms with Crippen LogP contribution in [0.25, 0.3) is 0 Å². The quantitative estimate of drug-likeness (QED) is 0.916. The van der Waals surface area contributed by atoms with Crippen LogP contribution in [0.15, 0.2) is 47.4 Å². The zero-order valence-electron chi connectivity index (χ0n) is 13.2. The molecule has 0 bridgehead atoms. The lowest BCUT2D eigenvalue weighted by Crippen LogP contribution is -2.31. The standard InChI is InChI=1S/C18H19NO3S/c1-21-14-8-7-12(9-15(14)22-2)11-19-18(20)17-10-13-5-3-4-6-16(13)23-17/h3-9,17H,10-11H2,1-2H3,(H,19,20)/t17-/m0/s1. The third-order valence-electron chi connectivity index (χ3n) is 3.85. The number of nitrogens with one attached hydrogen (secondary N) is 1. The number of carbonyl (C=O) groups excluding carboxylic acids is 1. The first-order valence-electron chi connectivity index (χ1n) is 7.44. The van der Waals surface area contributed by atoms with E-state index < -0.39 is 0 Å². The molecule has 0 spiro atoms. The number of carbonyl (C=O) groups is 1. The van der Waals surface area contributed by atoms with Gasteiger partial charge in [-0.1, -0.05) is 24.3 Å².